The molecule has 4 rings (SSSR count). The van der Waals surface area contributed by atoms with E-state index in [2.05, 4.69) is 34.6 Å². The fraction of sp³-hybridized carbons (Fsp3) is 0.833. The summed E-state index contributed by atoms with van der Waals surface area (Å²) in [6.07, 6.45) is 9.84. The van der Waals surface area contributed by atoms with Crippen molar-refractivity contribution in [2.75, 3.05) is 0 Å². The Morgan fingerprint density at radius 1 is 1.06 bits per heavy atom. The molecule has 0 spiro atoms. The van der Waals surface area contributed by atoms with Crippen molar-refractivity contribution in [2.45, 2.75) is 112 Å². The number of hydrogen-bond donors (Lipinski definition) is 3. The number of carbonyl (C=O) groups is 1. The monoisotopic (exact) mass is 472 g/mol. The third kappa shape index (κ3) is 3.53. The highest BCUT2D eigenvalue weighted by Crippen LogP contribution is 2.74. The number of rotatable bonds is 5. The van der Waals surface area contributed by atoms with Crippen LogP contribution in [0.4, 0.5) is 0 Å². The molecule has 0 radical (unpaired) electrons. The first-order chi connectivity index (χ1) is 15.7. The van der Waals surface area contributed by atoms with Gasteiger partial charge in [0, 0.05) is 16.7 Å². The van der Waals surface area contributed by atoms with Crippen molar-refractivity contribution in [3.8, 4) is 0 Å². The molecule has 0 aromatic heterocycles. The normalized spacial score (nSPS) is 46.9. The van der Waals surface area contributed by atoms with E-state index in [0.717, 1.165) is 49.7 Å². The molecular weight excluding hydrogens is 424 g/mol. The Morgan fingerprint density at radius 3 is 2.35 bits per heavy atom. The Morgan fingerprint density at radius 2 is 1.74 bits per heavy atom. The topological polar surface area (TPSA) is 77.8 Å². The van der Waals surface area contributed by atoms with E-state index in [1.165, 1.54) is 6.29 Å². The molecule has 0 saturated heterocycles. The lowest BCUT2D eigenvalue weighted by molar-refractivity contribution is -0.183. The van der Waals surface area contributed by atoms with Gasteiger partial charge in [0.05, 0.1) is 18.3 Å². The van der Waals surface area contributed by atoms with Gasteiger partial charge in [-0.2, -0.15) is 0 Å². The molecule has 0 amide bonds. The van der Waals surface area contributed by atoms with Crippen LogP contribution < -0.4 is 0 Å². The van der Waals surface area contributed by atoms with Gasteiger partial charge in [-0.15, -0.1) is 0 Å². The quantitative estimate of drug-likeness (QED) is 0.367. The summed E-state index contributed by atoms with van der Waals surface area (Å²) < 4.78 is 0. The van der Waals surface area contributed by atoms with E-state index in [4.69, 9.17) is 0 Å². The van der Waals surface area contributed by atoms with E-state index < -0.39 is 29.1 Å². The molecule has 3 saturated carbocycles. The number of fused-ring (bicyclic) bond motifs is 5. The van der Waals surface area contributed by atoms with E-state index in [-0.39, 0.29) is 22.7 Å². The van der Waals surface area contributed by atoms with Gasteiger partial charge < -0.3 is 20.1 Å². The van der Waals surface area contributed by atoms with Crippen molar-refractivity contribution in [1.82, 2.24) is 0 Å². The Labute approximate surface area is 206 Å². The number of aliphatic hydroxyl groups excluding tert-OH is 3. The summed E-state index contributed by atoms with van der Waals surface area (Å²) in [5.41, 5.74) is 1.14. The summed E-state index contributed by atoms with van der Waals surface area (Å²) in [5, 5.41) is 33.0. The number of carbonyl (C=O) groups excluding carboxylic acids is 1. The summed E-state index contributed by atoms with van der Waals surface area (Å²) in [7, 11) is 0. The molecule has 0 heterocycles. The van der Waals surface area contributed by atoms with Crippen LogP contribution in [0.15, 0.2) is 23.3 Å². The van der Waals surface area contributed by atoms with Crippen LogP contribution in [0.1, 0.15) is 93.4 Å². The molecule has 3 fully saturated rings. The highest BCUT2D eigenvalue weighted by molar-refractivity contribution is 5.65. The molecule has 4 aliphatic rings. The second kappa shape index (κ2) is 8.56. The zero-order valence-corrected chi connectivity index (χ0v) is 22.5. The number of aliphatic hydroxyl groups is 3. The highest BCUT2D eigenvalue weighted by atomic mass is 16.3. The molecule has 10 atom stereocenters. The maximum atomic E-state index is 13.1. The number of allylic oxidation sites excluding steroid dienone is 1. The minimum atomic E-state index is -0.670. The van der Waals surface area contributed by atoms with Crippen LogP contribution in [0.2, 0.25) is 0 Å². The molecule has 192 valence electrons. The van der Waals surface area contributed by atoms with Gasteiger partial charge >= 0.3 is 0 Å². The molecule has 0 aliphatic heterocycles. The van der Waals surface area contributed by atoms with Crippen molar-refractivity contribution in [2.24, 2.45) is 45.3 Å². The Kier molecular flexibility index (Phi) is 6.57. The van der Waals surface area contributed by atoms with Gasteiger partial charge in [-0.25, -0.2) is 0 Å². The summed E-state index contributed by atoms with van der Waals surface area (Å²) in [6.45, 7) is 15.2. The van der Waals surface area contributed by atoms with Crippen molar-refractivity contribution >= 4 is 6.29 Å². The van der Waals surface area contributed by atoms with Crippen LogP contribution in [0, 0.1) is 45.3 Å². The molecule has 0 bridgehead atoms. The van der Waals surface area contributed by atoms with Gasteiger partial charge in [-0.05, 0) is 87.4 Å². The summed E-state index contributed by atoms with van der Waals surface area (Å²) in [6, 6.07) is 0. The van der Waals surface area contributed by atoms with E-state index in [0.29, 0.717) is 18.3 Å². The number of aldehydes is 1. The summed E-state index contributed by atoms with van der Waals surface area (Å²) in [4.78, 5) is 13.1. The molecule has 0 aromatic rings. The van der Waals surface area contributed by atoms with E-state index >= 15 is 0 Å². The maximum Gasteiger partial charge on any atom is 0.127 e. The van der Waals surface area contributed by atoms with Crippen molar-refractivity contribution < 1.29 is 20.1 Å². The fourth-order valence-electron chi connectivity index (χ4n) is 9.55. The van der Waals surface area contributed by atoms with Crippen LogP contribution in [0.25, 0.3) is 0 Å². The van der Waals surface area contributed by atoms with Gasteiger partial charge in [-0.1, -0.05) is 57.9 Å². The largest absolute Gasteiger partial charge is 0.392 e. The van der Waals surface area contributed by atoms with Gasteiger partial charge in [0.2, 0.25) is 0 Å². The molecule has 34 heavy (non-hydrogen) atoms. The molecule has 4 heteroatoms. The predicted molar refractivity (Wildman–Crippen MR) is 136 cm³/mol. The van der Waals surface area contributed by atoms with Crippen LogP contribution in [-0.4, -0.2) is 39.9 Å². The van der Waals surface area contributed by atoms with Crippen LogP contribution in [-0.2, 0) is 4.79 Å². The SMILES string of the molecule is CC(C)=CC(O)C[C@@H](C)[C@H]1CC[C@@]2(C)[C@@H]3[C@@H](O)C=C4C(CC[C@H](O)C4(C)C)[C@]3(C=O)CC[C@]12C. The lowest BCUT2D eigenvalue weighted by Gasteiger charge is -2.66. The van der Waals surface area contributed by atoms with Crippen molar-refractivity contribution in [3.63, 3.8) is 0 Å². The van der Waals surface area contributed by atoms with Gasteiger partial charge in [-0.3, -0.25) is 0 Å². The van der Waals surface area contributed by atoms with E-state index in [1.54, 1.807) is 0 Å². The molecule has 0 aromatic carbocycles. The molecule has 4 nitrogen and oxygen atoms in total. The molecule has 4 aliphatic carbocycles. The van der Waals surface area contributed by atoms with Crippen molar-refractivity contribution in [3.05, 3.63) is 23.3 Å². The highest BCUT2D eigenvalue weighted by Gasteiger charge is 2.70. The minimum Gasteiger partial charge on any atom is -0.392 e. The minimum absolute atomic E-state index is 0.0182. The average Bonchev–Trinajstić information content (AvgIpc) is 3.01. The van der Waals surface area contributed by atoms with Crippen molar-refractivity contribution in [1.29, 1.82) is 0 Å². The lowest BCUT2D eigenvalue weighted by Crippen LogP contribution is -2.64. The van der Waals surface area contributed by atoms with Gasteiger partial charge in [0.15, 0.2) is 0 Å². The zero-order chi connectivity index (χ0) is 25.3. The Balaban J connectivity index is 1.72. The van der Waals surface area contributed by atoms with E-state index in [9.17, 15) is 20.1 Å². The molecule has 3 N–H and O–H groups in total. The molecular formula is C30H48O4. The second-order valence-electron chi connectivity index (χ2n) is 13.7. The standard InChI is InChI=1S/C30H48O4/c1-18(2)14-20(32)15-19(3)21-10-11-29(7)26-24(33)16-23-22(8-9-25(34)27(23,4)5)30(26,17-31)13-12-28(21,29)6/h14,16-17,19-22,24-26,32-34H,8-13,15H2,1-7H3/t19-,20?,21-,22?,24+,25+,26+,28-,29+,30-/m1/s1. The predicted octanol–water partition coefficient (Wildman–Crippen LogP) is 5.46. The van der Waals surface area contributed by atoms with Crippen LogP contribution in [0.3, 0.4) is 0 Å². The van der Waals surface area contributed by atoms with Gasteiger partial charge in [0.25, 0.3) is 0 Å². The Bertz CT molecular complexity index is 869. The van der Waals surface area contributed by atoms with E-state index in [1.807, 2.05) is 26.0 Å². The summed E-state index contributed by atoms with van der Waals surface area (Å²) >= 11 is 0. The fourth-order valence-corrected chi connectivity index (χ4v) is 9.55. The van der Waals surface area contributed by atoms with Gasteiger partial charge in [0.1, 0.15) is 6.29 Å². The number of hydrogen-bond acceptors (Lipinski definition) is 4. The molecule has 2 unspecified atom stereocenters. The Hall–Kier alpha value is -0.970. The third-order valence-electron chi connectivity index (χ3n) is 11.5. The zero-order valence-electron chi connectivity index (χ0n) is 22.5. The first-order valence-corrected chi connectivity index (χ1v) is 13.6. The average molecular weight is 473 g/mol. The van der Waals surface area contributed by atoms with Crippen LogP contribution >= 0.6 is 0 Å². The summed E-state index contributed by atoms with van der Waals surface area (Å²) in [5.74, 6) is 0.839. The van der Waals surface area contributed by atoms with Crippen LogP contribution in [0.5, 0.6) is 0 Å². The maximum absolute atomic E-state index is 13.1. The first-order valence-electron chi connectivity index (χ1n) is 13.6. The third-order valence-corrected chi connectivity index (χ3v) is 11.5. The smallest absolute Gasteiger partial charge is 0.127 e. The first kappa shape index (κ1) is 26.1. The second-order valence-corrected chi connectivity index (χ2v) is 13.7. The lowest BCUT2D eigenvalue weighted by atomic mass is 9.38.